The van der Waals surface area contributed by atoms with Gasteiger partial charge in [0.1, 0.15) is 11.6 Å². The molecule has 1 aromatic carbocycles. The number of aromatic nitrogens is 2. The molecule has 2 rings (SSSR count). The Morgan fingerprint density at radius 3 is 2.58 bits per heavy atom. The van der Waals surface area contributed by atoms with Crippen molar-refractivity contribution in [2.45, 2.75) is 6.92 Å². The van der Waals surface area contributed by atoms with Gasteiger partial charge in [0, 0.05) is 18.2 Å². The van der Waals surface area contributed by atoms with Gasteiger partial charge in [0.05, 0.1) is 4.92 Å². The van der Waals surface area contributed by atoms with E-state index in [1.807, 2.05) is 0 Å². The molecule has 1 heterocycles. The number of non-ortho nitro benzene ring substituents is 1. The van der Waals surface area contributed by atoms with Crippen LogP contribution in [0.5, 0.6) is 11.6 Å². The molecule has 0 atom stereocenters. The third kappa shape index (κ3) is 2.86. The standard InChI is InChI=1S/C11H11N5O3/c1-6-4-7(16(17)18)2-3-8(6)19-10-5-9(12)14-11(13)15-10/h2-5H,1H3,(H4,12,13,14,15). The lowest BCUT2D eigenvalue weighted by atomic mass is 10.2. The zero-order chi connectivity index (χ0) is 14.0. The van der Waals surface area contributed by atoms with Gasteiger partial charge in [-0.2, -0.15) is 9.97 Å². The largest absolute Gasteiger partial charge is 0.438 e. The number of rotatable bonds is 3. The van der Waals surface area contributed by atoms with Gasteiger partial charge in [-0.3, -0.25) is 10.1 Å². The Labute approximate surface area is 108 Å². The summed E-state index contributed by atoms with van der Waals surface area (Å²) in [6.45, 7) is 1.69. The van der Waals surface area contributed by atoms with E-state index in [1.54, 1.807) is 6.92 Å². The maximum Gasteiger partial charge on any atom is 0.269 e. The highest BCUT2D eigenvalue weighted by Gasteiger charge is 2.10. The summed E-state index contributed by atoms with van der Waals surface area (Å²) in [5.41, 5.74) is 11.6. The topological polar surface area (TPSA) is 130 Å². The van der Waals surface area contributed by atoms with E-state index in [9.17, 15) is 10.1 Å². The molecule has 0 unspecified atom stereocenters. The summed E-state index contributed by atoms with van der Waals surface area (Å²) in [6.07, 6.45) is 0. The van der Waals surface area contributed by atoms with Crippen LogP contribution < -0.4 is 16.2 Å². The van der Waals surface area contributed by atoms with Crippen LogP contribution >= 0.6 is 0 Å². The highest BCUT2D eigenvalue weighted by Crippen LogP contribution is 2.27. The number of nitro groups is 1. The fourth-order valence-corrected chi connectivity index (χ4v) is 1.49. The quantitative estimate of drug-likeness (QED) is 0.634. The minimum Gasteiger partial charge on any atom is -0.438 e. The lowest BCUT2D eigenvalue weighted by Gasteiger charge is -2.08. The van der Waals surface area contributed by atoms with Gasteiger partial charge >= 0.3 is 0 Å². The van der Waals surface area contributed by atoms with Gasteiger partial charge in [0.25, 0.3) is 5.69 Å². The normalized spacial score (nSPS) is 10.2. The number of aryl methyl sites for hydroxylation is 1. The van der Waals surface area contributed by atoms with Crippen molar-refractivity contribution in [2.24, 2.45) is 0 Å². The predicted molar refractivity (Wildman–Crippen MR) is 68.8 cm³/mol. The van der Waals surface area contributed by atoms with Crippen LogP contribution in [0, 0.1) is 17.0 Å². The van der Waals surface area contributed by atoms with E-state index in [1.165, 1.54) is 24.3 Å². The lowest BCUT2D eigenvalue weighted by molar-refractivity contribution is -0.384. The van der Waals surface area contributed by atoms with Crippen LogP contribution in [-0.4, -0.2) is 14.9 Å². The summed E-state index contributed by atoms with van der Waals surface area (Å²) in [4.78, 5) is 17.7. The Morgan fingerprint density at radius 2 is 2.00 bits per heavy atom. The molecule has 0 saturated heterocycles. The number of hydrogen-bond acceptors (Lipinski definition) is 7. The molecule has 0 amide bonds. The smallest absolute Gasteiger partial charge is 0.269 e. The highest BCUT2D eigenvalue weighted by atomic mass is 16.6. The van der Waals surface area contributed by atoms with Gasteiger partial charge < -0.3 is 16.2 Å². The first-order chi connectivity index (χ1) is 8.95. The summed E-state index contributed by atoms with van der Waals surface area (Å²) in [5.74, 6) is 0.793. The molecule has 0 fully saturated rings. The van der Waals surface area contributed by atoms with Crippen LogP contribution in [0.1, 0.15) is 5.56 Å². The van der Waals surface area contributed by atoms with Crippen LogP contribution in [0.4, 0.5) is 17.5 Å². The monoisotopic (exact) mass is 261 g/mol. The van der Waals surface area contributed by atoms with Gasteiger partial charge in [-0.05, 0) is 18.6 Å². The minimum absolute atomic E-state index is 0.00503. The second-order valence-corrected chi connectivity index (χ2v) is 3.80. The van der Waals surface area contributed by atoms with Gasteiger partial charge in [-0.25, -0.2) is 0 Å². The van der Waals surface area contributed by atoms with Crippen LogP contribution in [-0.2, 0) is 0 Å². The van der Waals surface area contributed by atoms with Crippen LogP contribution in [0.25, 0.3) is 0 Å². The van der Waals surface area contributed by atoms with E-state index < -0.39 is 4.92 Å². The molecule has 0 aliphatic carbocycles. The van der Waals surface area contributed by atoms with Crippen molar-refractivity contribution >= 4 is 17.5 Å². The van der Waals surface area contributed by atoms with Crippen molar-refractivity contribution in [1.82, 2.24) is 9.97 Å². The Morgan fingerprint density at radius 1 is 1.26 bits per heavy atom. The molecule has 0 radical (unpaired) electrons. The minimum atomic E-state index is -0.475. The SMILES string of the molecule is Cc1cc([N+](=O)[O-])ccc1Oc1cc(N)nc(N)n1. The molecule has 8 nitrogen and oxygen atoms in total. The number of nitrogen functional groups attached to an aromatic ring is 2. The van der Waals surface area contributed by atoms with Gasteiger partial charge in [0.15, 0.2) is 0 Å². The molecule has 0 spiro atoms. The van der Waals surface area contributed by atoms with Crippen molar-refractivity contribution < 1.29 is 9.66 Å². The Balaban J connectivity index is 2.30. The van der Waals surface area contributed by atoms with E-state index in [4.69, 9.17) is 16.2 Å². The Kier molecular flexibility index (Phi) is 3.15. The molecule has 98 valence electrons. The molecule has 0 saturated carbocycles. The van der Waals surface area contributed by atoms with Crippen LogP contribution in [0.15, 0.2) is 24.3 Å². The number of nitro benzene ring substituents is 1. The predicted octanol–water partition coefficient (Wildman–Crippen LogP) is 1.65. The van der Waals surface area contributed by atoms with Crippen LogP contribution in [0.2, 0.25) is 0 Å². The van der Waals surface area contributed by atoms with Crippen molar-refractivity contribution in [3.63, 3.8) is 0 Å². The number of nitrogens with zero attached hydrogens (tertiary/aromatic N) is 3. The maximum absolute atomic E-state index is 10.6. The summed E-state index contributed by atoms with van der Waals surface area (Å²) in [7, 11) is 0. The number of anilines is 2. The first kappa shape index (κ1) is 12.6. The van der Waals surface area contributed by atoms with Gasteiger partial charge in [-0.1, -0.05) is 0 Å². The Hall–Kier alpha value is -2.90. The Bertz CT molecular complexity index is 624. The lowest BCUT2D eigenvalue weighted by Crippen LogP contribution is -2.01. The van der Waals surface area contributed by atoms with Crippen molar-refractivity contribution in [1.29, 1.82) is 0 Å². The van der Waals surface area contributed by atoms with E-state index in [-0.39, 0.29) is 23.3 Å². The third-order valence-electron chi connectivity index (χ3n) is 2.32. The summed E-state index contributed by atoms with van der Waals surface area (Å²) < 4.78 is 5.47. The molecule has 0 aliphatic heterocycles. The maximum atomic E-state index is 10.6. The highest BCUT2D eigenvalue weighted by molar-refractivity contribution is 5.46. The van der Waals surface area contributed by atoms with Crippen LogP contribution in [0.3, 0.4) is 0 Å². The zero-order valence-corrected chi connectivity index (χ0v) is 10.0. The summed E-state index contributed by atoms with van der Waals surface area (Å²) in [5, 5.41) is 10.6. The van der Waals surface area contributed by atoms with Crippen molar-refractivity contribution in [3.8, 4) is 11.6 Å². The van der Waals surface area contributed by atoms with Gasteiger partial charge in [0.2, 0.25) is 11.8 Å². The number of ether oxygens (including phenoxy) is 1. The molecule has 0 aliphatic rings. The third-order valence-corrected chi connectivity index (χ3v) is 2.32. The van der Waals surface area contributed by atoms with E-state index in [0.29, 0.717) is 11.3 Å². The van der Waals surface area contributed by atoms with Crippen molar-refractivity contribution in [2.75, 3.05) is 11.5 Å². The first-order valence-electron chi connectivity index (χ1n) is 5.28. The van der Waals surface area contributed by atoms with E-state index >= 15 is 0 Å². The second kappa shape index (κ2) is 4.77. The number of benzene rings is 1. The molecule has 4 N–H and O–H groups in total. The molecule has 0 bridgehead atoms. The fourth-order valence-electron chi connectivity index (χ4n) is 1.49. The zero-order valence-electron chi connectivity index (χ0n) is 10.0. The summed E-state index contributed by atoms with van der Waals surface area (Å²) >= 11 is 0. The molecule has 2 aromatic rings. The van der Waals surface area contributed by atoms with Crippen molar-refractivity contribution in [3.05, 3.63) is 39.9 Å². The molecule has 1 aromatic heterocycles. The van der Waals surface area contributed by atoms with E-state index in [2.05, 4.69) is 9.97 Å². The average molecular weight is 261 g/mol. The molecular weight excluding hydrogens is 250 g/mol. The molecular formula is C11H11N5O3. The average Bonchev–Trinajstić information content (AvgIpc) is 2.30. The van der Waals surface area contributed by atoms with E-state index in [0.717, 1.165) is 0 Å². The molecule has 19 heavy (non-hydrogen) atoms. The fraction of sp³-hybridized carbons (Fsp3) is 0.0909. The number of nitrogens with two attached hydrogens (primary N) is 2. The summed E-state index contributed by atoms with van der Waals surface area (Å²) in [6, 6.07) is 5.65. The second-order valence-electron chi connectivity index (χ2n) is 3.80. The van der Waals surface area contributed by atoms with Gasteiger partial charge in [-0.15, -0.1) is 0 Å². The molecule has 8 heteroatoms. The first-order valence-corrected chi connectivity index (χ1v) is 5.28. The number of hydrogen-bond donors (Lipinski definition) is 2.